The third kappa shape index (κ3) is 2.79. The number of hydrogen-bond donors (Lipinski definition) is 1. The minimum absolute atomic E-state index is 0.0776. The minimum Gasteiger partial charge on any atom is -0.450 e. The lowest BCUT2D eigenvalue weighted by Crippen LogP contribution is -1.94. The number of anilines is 1. The van der Waals surface area contributed by atoms with E-state index in [1.54, 1.807) is 24.3 Å². The lowest BCUT2D eigenvalue weighted by molar-refractivity contribution is -0.385. The van der Waals surface area contributed by atoms with E-state index in [1.807, 2.05) is 6.07 Å². The first kappa shape index (κ1) is 12.4. The predicted octanol–water partition coefficient (Wildman–Crippen LogP) is 2.84. The standard InChI is InChI=1S/C13H9N3O3/c14-8-9-1-6-13(12(7-9)16(17)18)19-11-4-2-10(15)3-5-11/h1-7H,15H2. The van der Waals surface area contributed by atoms with Crippen molar-refractivity contribution >= 4 is 11.4 Å². The Bertz CT molecular complexity index is 660. The molecular formula is C13H9N3O3. The first-order chi connectivity index (χ1) is 9.10. The van der Waals surface area contributed by atoms with Gasteiger partial charge in [0.05, 0.1) is 16.6 Å². The highest BCUT2D eigenvalue weighted by atomic mass is 16.6. The van der Waals surface area contributed by atoms with Crippen LogP contribution in [0.2, 0.25) is 0 Å². The highest BCUT2D eigenvalue weighted by molar-refractivity contribution is 5.53. The molecule has 0 saturated heterocycles. The van der Waals surface area contributed by atoms with E-state index in [2.05, 4.69) is 0 Å². The van der Waals surface area contributed by atoms with Crippen molar-refractivity contribution in [3.05, 3.63) is 58.1 Å². The highest BCUT2D eigenvalue weighted by Gasteiger charge is 2.16. The Morgan fingerprint density at radius 2 is 1.89 bits per heavy atom. The van der Waals surface area contributed by atoms with Gasteiger partial charge in [-0.1, -0.05) is 0 Å². The Balaban J connectivity index is 2.37. The molecule has 0 aliphatic rings. The van der Waals surface area contributed by atoms with E-state index in [4.69, 9.17) is 15.7 Å². The molecule has 2 rings (SSSR count). The van der Waals surface area contributed by atoms with Crippen LogP contribution in [0.1, 0.15) is 5.56 Å². The zero-order valence-electron chi connectivity index (χ0n) is 9.74. The Hall–Kier alpha value is -3.07. The van der Waals surface area contributed by atoms with Crippen LogP contribution in [-0.2, 0) is 0 Å². The number of nitrogen functional groups attached to an aromatic ring is 1. The fourth-order valence-corrected chi connectivity index (χ4v) is 1.48. The van der Waals surface area contributed by atoms with Gasteiger partial charge in [0, 0.05) is 11.8 Å². The van der Waals surface area contributed by atoms with Crippen LogP contribution in [-0.4, -0.2) is 4.92 Å². The van der Waals surface area contributed by atoms with Gasteiger partial charge < -0.3 is 10.5 Å². The molecule has 0 amide bonds. The van der Waals surface area contributed by atoms with Gasteiger partial charge in [0.15, 0.2) is 0 Å². The molecule has 0 atom stereocenters. The molecule has 0 fully saturated rings. The minimum atomic E-state index is -0.590. The molecule has 6 nitrogen and oxygen atoms in total. The Morgan fingerprint density at radius 3 is 2.47 bits per heavy atom. The summed E-state index contributed by atoms with van der Waals surface area (Å²) in [5, 5.41) is 19.7. The average molecular weight is 255 g/mol. The number of nitro groups is 1. The maximum Gasteiger partial charge on any atom is 0.312 e. The molecule has 6 heteroatoms. The fraction of sp³-hybridized carbons (Fsp3) is 0. The van der Waals surface area contributed by atoms with E-state index in [0.29, 0.717) is 11.4 Å². The van der Waals surface area contributed by atoms with Crippen LogP contribution < -0.4 is 10.5 Å². The van der Waals surface area contributed by atoms with Gasteiger partial charge in [-0.2, -0.15) is 5.26 Å². The smallest absolute Gasteiger partial charge is 0.312 e. The second kappa shape index (κ2) is 5.06. The first-order valence-corrected chi connectivity index (χ1v) is 5.32. The number of nitro benzene ring substituents is 1. The molecular weight excluding hydrogens is 246 g/mol. The van der Waals surface area contributed by atoms with Gasteiger partial charge in [-0.3, -0.25) is 10.1 Å². The summed E-state index contributed by atoms with van der Waals surface area (Å²) in [6.45, 7) is 0. The van der Waals surface area contributed by atoms with Gasteiger partial charge in [-0.05, 0) is 36.4 Å². The normalized spacial score (nSPS) is 9.63. The monoisotopic (exact) mass is 255 g/mol. The summed E-state index contributed by atoms with van der Waals surface area (Å²) >= 11 is 0. The second-order valence-electron chi connectivity index (χ2n) is 3.72. The Kier molecular flexibility index (Phi) is 3.30. The number of benzene rings is 2. The van der Waals surface area contributed by atoms with Crippen molar-refractivity contribution in [3.63, 3.8) is 0 Å². The van der Waals surface area contributed by atoms with E-state index >= 15 is 0 Å². The van der Waals surface area contributed by atoms with Crippen molar-refractivity contribution in [3.8, 4) is 17.6 Å². The van der Waals surface area contributed by atoms with Gasteiger partial charge >= 0.3 is 5.69 Å². The number of nitriles is 1. The quantitative estimate of drug-likeness (QED) is 0.516. The lowest BCUT2D eigenvalue weighted by atomic mass is 10.2. The van der Waals surface area contributed by atoms with Crippen LogP contribution in [0.5, 0.6) is 11.5 Å². The third-order valence-electron chi connectivity index (χ3n) is 2.39. The molecule has 19 heavy (non-hydrogen) atoms. The maximum absolute atomic E-state index is 10.9. The molecule has 2 N–H and O–H groups in total. The first-order valence-electron chi connectivity index (χ1n) is 5.32. The van der Waals surface area contributed by atoms with Crippen LogP contribution in [0.3, 0.4) is 0 Å². The molecule has 0 bridgehead atoms. The van der Waals surface area contributed by atoms with Gasteiger partial charge in [-0.15, -0.1) is 0 Å². The molecule has 0 aromatic heterocycles. The van der Waals surface area contributed by atoms with E-state index in [9.17, 15) is 10.1 Å². The summed E-state index contributed by atoms with van der Waals surface area (Å²) in [6.07, 6.45) is 0. The Morgan fingerprint density at radius 1 is 1.21 bits per heavy atom. The molecule has 0 unspecified atom stereocenters. The second-order valence-corrected chi connectivity index (χ2v) is 3.72. The zero-order chi connectivity index (χ0) is 13.8. The van der Waals surface area contributed by atoms with Crippen LogP contribution >= 0.6 is 0 Å². The average Bonchev–Trinajstić information content (AvgIpc) is 2.41. The van der Waals surface area contributed by atoms with Gasteiger partial charge in [0.2, 0.25) is 5.75 Å². The molecule has 0 aliphatic heterocycles. The van der Waals surface area contributed by atoms with Gasteiger partial charge in [0.1, 0.15) is 5.75 Å². The molecule has 94 valence electrons. The van der Waals surface area contributed by atoms with Crippen molar-refractivity contribution in [1.82, 2.24) is 0 Å². The number of nitrogens with zero attached hydrogens (tertiary/aromatic N) is 2. The van der Waals surface area contributed by atoms with Crippen LogP contribution in [0.4, 0.5) is 11.4 Å². The van der Waals surface area contributed by atoms with E-state index < -0.39 is 4.92 Å². The van der Waals surface area contributed by atoms with Crippen LogP contribution in [0, 0.1) is 21.4 Å². The third-order valence-corrected chi connectivity index (χ3v) is 2.39. The fourth-order valence-electron chi connectivity index (χ4n) is 1.48. The summed E-state index contributed by atoms with van der Waals surface area (Å²) in [7, 11) is 0. The summed E-state index contributed by atoms with van der Waals surface area (Å²) < 4.78 is 5.42. The predicted molar refractivity (Wildman–Crippen MR) is 68.7 cm³/mol. The summed E-state index contributed by atoms with van der Waals surface area (Å²) in [6, 6.07) is 12.3. The number of rotatable bonds is 3. The van der Waals surface area contributed by atoms with Gasteiger partial charge in [0.25, 0.3) is 0 Å². The highest BCUT2D eigenvalue weighted by Crippen LogP contribution is 2.32. The molecule has 0 heterocycles. The number of ether oxygens (including phenoxy) is 1. The van der Waals surface area contributed by atoms with Crippen LogP contribution in [0.25, 0.3) is 0 Å². The summed E-state index contributed by atoms with van der Waals surface area (Å²) in [5.41, 5.74) is 6.06. The molecule has 2 aromatic rings. The topological polar surface area (TPSA) is 102 Å². The molecule has 0 spiro atoms. The van der Waals surface area contributed by atoms with Crippen molar-refractivity contribution in [2.45, 2.75) is 0 Å². The lowest BCUT2D eigenvalue weighted by Gasteiger charge is -2.06. The van der Waals surface area contributed by atoms with E-state index in [0.717, 1.165) is 0 Å². The SMILES string of the molecule is N#Cc1ccc(Oc2ccc(N)cc2)c([N+](=O)[O-])c1. The zero-order valence-corrected chi connectivity index (χ0v) is 9.74. The van der Waals surface area contributed by atoms with E-state index in [1.165, 1.54) is 18.2 Å². The molecule has 2 aromatic carbocycles. The largest absolute Gasteiger partial charge is 0.450 e. The van der Waals surface area contributed by atoms with E-state index in [-0.39, 0.29) is 17.0 Å². The summed E-state index contributed by atoms with van der Waals surface area (Å²) in [4.78, 5) is 10.3. The number of hydrogen-bond acceptors (Lipinski definition) is 5. The van der Waals surface area contributed by atoms with Crippen molar-refractivity contribution in [2.75, 3.05) is 5.73 Å². The molecule has 0 radical (unpaired) electrons. The molecule has 0 aliphatic carbocycles. The van der Waals surface area contributed by atoms with Crippen molar-refractivity contribution < 1.29 is 9.66 Å². The summed E-state index contributed by atoms with van der Waals surface area (Å²) in [5.74, 6) is 0.510. The van der Waals surface area contributed by atoms with Crippen molar-refractivity contribution in [2.24, 2.45) is 0 Å². The van der Waals surface area contributed by atoms with Crippen LogP contribution in [0.15, 0.2) is 42.5 Å². The number of nitrogens with two attached hydrogens (primary N) is 1. The van der Waals surface area contributed by atoms with Crippen molar-refractivity contribution in [1.29, 1.82) is 5.26 Å². The Labute approximate surface area is 108 Å². The maximum atomic E-state index is 10.9. The van der Waals surface area contributed by atoms with Gasteiger partial charge in [-0.25, -0.2) is 0 Å². The molecule has 0 saturated carbocycles.